The molecule has 0 atom stereocenters. The monoisotopic (exact) mass is 311 g/mol. The maximum Gasteiger partial charge on any atom is 0.315 e. The molecule has 108 valence electrons. The maximum absolute atomic E-state index is 11.2. The van der Waals surface area contributed by atoms with Gasteiger partial charge in [0.15, 0.2) is 5.13 Å². The largest absolute Gasteiger partial charge is 0.481 e. The molecule has 0 aliphatic rings. The van der Waals surface area contributed by atoms with Gasteiger partial charge in [-0.15, -0.1) is 22.7 Å². The molecule has 0 aromatic carbocycles. The number of anilines is 1. The summed E-state index contributed by atoms with van der Waals surface area (Å²) in [7, 11) is 0. The van der Waals surface area contributed by atoms with Gasteiger partial charge in [-0.2, -0.15) is 0 Å². The SMILES string of the molecule is CCc1cnc(CNc2nc(C(C)(C)C(=O)O)cs2)s1. The van der Waals surface area contributed by atoms with Crippen LogP contribution in [0.4, 0.5) is 5.13 Å². The van der Waals surface area contributed by atoms with E-state index in [0.717, 1.165) is 16.6 Å². The van der Waals surface area contributed by atoms with Gasteiger partial charge in [-0.25, -0.2) is 9.97 Å². The molecule has 0 bridgehead atoms. The topological polar surface area (TPSA) is 75.1 Å². The summed E-state index contributed by atoms with van der Waals surface area (Å²) in [5, 5.41) is 15.9. The molecule has 2 N–H and O–H groups in total. The lowest BCUT2D eigenvalue weighted by molar-refractivity contribution is -0.142. The zero-order valence-corrected chi connectivity index (χ0v) is 13.3. The number of aromatic nitrogens is 2. The summed E-state index contributed by atoms with van der Waals surface area (Å²) < 4.78 is 0. The third-order valence-electron chi connectivity index (χ3n) is 3.02. The van der Waals surface area contributed by atoms with Crippen LogP contribution in [0, 0.1) is 0 Å². The van der Waals surface area contributed by atoms with Crippen LogP contribution in [-0.2, 0) is 23.2 Å². The van der Waals surface area contributed by atoms with Gasteiger partial charge in [0.1, 0.15) is 10.4 Å². The van der Waals surface area contributed by atoms with Gasteiger partial charge in [0.2, 0.25) is 0 Å². The Labute approximate surface area is 125 Å². The van der Waals surface area contributed by atoms with Crippen molar-refractivity contribution in [2.75, 3.05) is 5.32 Å². The number of carboxylic acid groups (broad SMARTS) is 1. The smallest absolute Gasteiger partial charge is 0.315 e. The van der Waals surface area contributed by atoms with Crippen molar-refractivity contribution in [1.29, 1.82) is 0 Å². The van der Waals surface area contributed by atoms with Crippen molar-refractivity contribution in [3.05, 3.63) is 27.2 Å². The van der Waals surface area contributed by atoms with E-state index in [1.165, 1.54) is 16.2 Å². The van der Waals surface area contributed by atoms with E-state index in [-0.39, 0.29) is 0 Å². The van der Waals surface area contributed by atoms with Crippen LogP contribution in [0.3, 0.4) is 0 Å². The summed E-state index contributed by atoms with van der Waals surface area (Å²) in [6, 6.07) is 0. The van der Waals surface area contributed by atoms with E-state index in [2.05, 4.69) is 22.2 Å². The lowest BCUT2D eigenvalue weighted by Gasteiger charge is -2.15. The first-order chi connectivity index (χ1) is 9.43. The van der Waals surface area contributed by atoms with Crippen LogP contribution in [0.2, 0.25) is 0 Å². The maximum atomic E-state index is 11.2. The van der Waals surface area contributed by atoms with E-state index in [4.69, 9.17) is 0 Å². The molecule has 0 aliphatic carbocycles. The summed E-state index contributed by atoms with van der Waals surface area (Å²) in [4.78, 5) is 21.1. The van der Waals surface area contributed by atoms with Crippen molar-refractivity contribution in [1.82, 2.24) is 9.97 Å². The molecule has 0 radical (unpaired) electrons. The molecule has 0 amide bonds. The zero-order valence-electron chi connectivity index (χ0n) is 11.6. The third-order valence-corrected chi connectivity index (χ3v) is 4.96. The molecule has 2 rings (SSSR count). The van der Waals surface area contributed by atoms with E-state index in [1.54, 1.807) is 30.6 Å². The Morgan fingerprint density at radius 3 is 2.85 bits per heavy atom. The predicted molar refractivity (Wildman–Crippen MR) is 81.6 cm³/mol. The van der Waals surface area contributed by atoms with E-state index in [9.17, 15) is 9.90 Å². The Morgan fingerprint density at radius 2 is 2.25 bits per heavy atom. The van der Waals surface area contributed by atoms with Crippen molar-refractivity contribution < 1.29 is 9.90 Å². The highest BCUT2D eigenvalue weighted by molar-refractivity contribution is 7.13. The van der Waals surface area contributed by atoms with Gasteiger partial charge in [0.05, 0.1) is 12.2 Å². The van der Waals surface area contributed by atoms with Gasteiger partial charge in [-0.05, 0) is 20.3 Å². The molecule has 7 heteroatoms. The zero-order chi connectivity index (χ0) is 14.8. The summed E-state index contributed by atoms with van der Waals surface area (Å²) in [6.45, 7) is 6.03. The first-order valence-corrected chi connectivity index (χ1v) is 8.00. The van der Waals surface area contributed by atoms with Crippen molar-refractivity contribution in [3.63, 3.8) is 0 Å². The lowest BCUT2D eigenvalue weighted by atomic mass is 9.90. The normalized spacial score (nSPS) is 11.6. The van der Waals surface area contributed by atoms with Gasteiger partial charge in [-0.3, -0.25) is 4.79 Å². The van der Waals surface area contributed by atoms with Crippen LogP contribution >= 0.6 is 22.7 Å². The average Bonchev–Trinajstić information content (AvgIpc) is 3.05. The Hall–Kier alpha value is -1.47. The van der Waals surface area contributed by atoms with Gasteiger partial charge < -0.3 is 10.4 Å². The summed E-state index contributed by atoms with van der Waals surface area (Å²) in [5.41, 5.74) is -0.390. The van der Waals surface area contributed by atoms with E-state index in [1.807, 2.05) is 6.20 Å². The Morgan fingerprint density at radius 1 is 1.50 bits per heavy atom. The van der Waals surface area contributed by atoms with E-state index in [0.29, 0.717) is 12.2 Å². The number of hydrogen-bond donors (Lipinski definition) is 2. The van der Waals surface area contributed by atoms with Crippen molar-refractivity contribution in [2.24, 2.45) is 0 Å². The number of nitrogens with one attached hydrogen (secondary N) is 1. The molecular formula is C13H17N3O2S2. The number of aryl methyl sites for hydroxylation is 1. The first kappa shape index (κ1) is 14.9. The van der Waals surface area contributed by atoms with Gasteiger partial charge >= 0.3 is 5.97 Å². The molecule has 2 aromatic rings. The molecule has 20 heavy (non-hydrogen) atoms. The highest BCUT2D eigenvalue weighted by atomic mass is 32.1. The molecule has 0 saturated heterocycles. The summed E-state index contributed by atoms with van der Waals surface area (Å²) >= 11 is 3.10. The number of carbonyl (C=O) groups is 1. The fraction of sp³-hybridized carbons (Fsp3) is 0.462. The fourth-order valence-electron chi connectivity index (χ4n) is 1.50. The number of rotatable bonds is 6. The fourth-order valence-corrected chi connectivity index (χ4v) is 3.18. The van der Waals surface area contributed by atoms with Crippen molar-refractivity contribution in [3.8, 4) is 0 Å². The number of aliphatic carboxylic acids is 1. The molecule has 2 aromatic heterocycles. The molecule has 2 heterocycles. The number of thiazole rings is 2. The van der Waals surface area contributed by atoms with Crippen LogP contribution in [0.5, 0.6) is 0 Å². The molecule has 0 saturated carbocycles. The minimum atomic E-state index is -0.965. The van der Waals surface area contributed by atoms with Crippen molar-refractivity contribution in [2.45, 2.75) is 39.2 Å². The highest BCUT2D eigenvalue weighted by Gasteiger charge is 2.32. The Balaban J connectivity index is 2.01. The quantitative estimate of drug-likeness (QED) is 0.857. The van der Waals surface area contributed by atoms with Gasteiger partial charge in [0.25, 0.3) is 0 Å². The summed E-state index contributed by atoms with van der Waals surface area (Å²) in [5.74, 6) is -0.873. The second-order valence-corrected chi connectivity index (χ2v) is 6.95. The molecular weight excluding hydrogens is 294 g/mol. The highest BCUT2D eigenvalue weighted by Crippen LogP contribution is 2.27. The number of carboxylic acids is 1. The van der Waals surface area contributed by atoms with Crippen molar-refractivity contribution >= 4 is 33.8 Å². The third kappa shape index (κ3) is 3.16. The van der Waals surface area contributed by atoms with Crippen LogP contribution in [0.25, 0.3) is 0 Å². The van der Waals surface area contributed by atoms with Crippen LogP contribution in [0.1, 0.15) is 36.3 Å². The van der Waals surface area contributed by atoms with Crippen LogP contribution in [0.15, 0.2) is 11.6 Å². The average molecular weight is 311 g/mol. The molecule has 5 nitrogen and oxygen atoms in total. The standard InChI is InChI=1S/C13H17N3O2S2/c1-4-8-5-14-10(20-8)6-15-12-16-9(7-19-12)13(2,3)11(17)18/h5,7H,4,6H2,1-3H3,(H,15,16)(H,17,18). The molecule has 0 spiro atoms. The Bertz CT molecular complexity index is 604. The molecule has 0 fully saturated rings. The van der Waals surface area contributed by atoms with Crippen LogP contribution < -0.4 is 5.32 Å². The first-order valence-electron chi connectivity index (χ1n) is 6.30. The minimum absolute atomic E-state index is 0.575. The number of hydrogen-bond acceptors (Lipinski definition) is 6. The van der Waals surface area contributed by atoms with E-state index < -0.39 is 11.4 Å². The molecule has 0 unspecified atom stereocenters. The predicted octanol–water partition coefficient (Wildman–Crippen LogP) is 3.14. The van der Waals surface area contributed by atoms with Gasteiger partial charge in [-0.1, -0.05) is 6.92 Å². The van der Waals surface area contributed by atoms with Gasteiger partial charge in [0, 0.05) is 16.5 Å². The lowest BCUT2D eigenvalue weighted by Crippen LogP contribution is -2.28. The summed E-state index contributed by atoms with van der Waals surface area (Å²) in [6.07, 6.45) is 2.88. The Kier molecular flexibility index (Phi) is 4.39. The van der Waals surface area contributed by atoms with E-state index >= 15 is 0 Å². The second kappa shape index (κ2) is 5.88. The number of nitrogens with zero attached hydrogens (tertiary/aromatic N) is 2. The van der Waals surface area contributed by atoms with Crippen LogP contribution in [-0.4, -0.2) is 21.0 Å². The molecule has 0 aliphatic heterocycles. The minimum Gasteiger partial charge on any atom is -0.481 e. The second-order valence-electron chi connectivity index (χ2n) is 4.90.